The van der Waals surface area contributed by atoms with E-state index in [0.717, 1.165) is 28.1 Å². The highest BCUT2D eigenvalue weighted by atomic mass is 16.1. The number of anilines is 3. The van der Waals surface area contributed by atoms with Gasteiger partial charge in [0.05, 0.1) is 22.6 Å². The fourth-order valence-electron chi connectivity index (χ4n) is 3.07. The number of pyridine rings is 2. The van der Waals surface area contributed by atoms with Crippen LogP contribution in [-0.4, -0.2) is 38.8 Å². The van der Waals surface area contributed by atoms with E-state index in [9.17, 15) is 4.79 Å². The van der Waals surface area contributed by atoms with Gasteiger partial charge < -0.3 is 20.2 Å². The molecule has 0 atom stereocenters. The predicted molar refractivity (Wildman–Crippen MR) is 108 cm³/mol. The zero-order valence-electron chi connectivity index (χ0n) is 15.7. The molecule has 138 valence electrons. The molecular formula is C19H21N7O. The Hall–Kier alpha value is -3.55. The number of fused-ring (bicyclic) bond motifs is 1. The van der Waals surface area contributed by atoms with Gasteiger partial charge in [-0.05, 0) is 31.2 Å². The zero-order valence-corrected chi connectivity index (χ0v) is 15.7. The van der Waals surface area contributed by atoms with Crippen molar-refractivity contribution in [3.05, 3.63) is 52.7 Å². The number of aryl methyl sites for hydroxylation is 2. The van der Waals surface area contributed by atoms with Crippen LogP contribution in [-0.2, 0) is 7.05 Å². The van der Waals surface area contributed by atoms with Gasteiger partial charge in [-0.2, -0.15) is 5.10 Å². The van der Waals surface area contributed by atoms with Gasteiger partial charge in [0.2, 0.25) is 0 Å². The van der Waals surface area contributed by atoms with E-state index < -0.39 is 0 Å². The molecule has 8 nitrogen and oxygen atoms in total. The molecule has 4 heterocycles. The van der Waals surface area contributed by atoms with Crippen LogP contribution in [0.1, 0.15) is 5.69 Å². The van der Waals surface area contributed by atoms with Crippen LogP contribution in [0.3, 0.4) is 0 Å². The van der Waals surface area contributed by atoms with Gasteiger partial charge in [0.1, 0.15) is 11.5 Å². The summed E-state index contributed by atoms with van der Waals surface area (Å²) in [5.41, 5.74) is 4.46. The summed E-state index contributed by atoms with van der Waals surface area (Å²) in [5.74, 6) is 0.692. The molecule has 0 unspecified atom stereocenters. The first kappa shape index (κ1) is 16.9. The normalized spacial score (nSPS) is 11.1. The van der Waals surface area contributed by atoms with E-state index in [4.69, 9.17) is 0 Å². The van der Waals surface area contributed by atoms with Gasteiger partial charge in [-0.15, -0.1) is 0 Å². The number of aromatic amines is 2. The minimum Gasteiger partial charge on any atom is -0.362 e. The van der Waals surface area contributed by atoms with Gasteiger partial charge in [0.25, 0.3) is 5.56 Å². The van der Waals surface area contributed by atoms with Crippen molar-refractivity contribution in [2.75, 3.05) is 24.3 Å². The van der Waals surface area contributed by atoms with Gasteiger partial charge in [0, 0.05) is 44.6 Å². The lowest BCUT2D eigenvalue weighted by atomic mass is 10.1. The van der Waals surface area contributed by atoms with Crippen LogP contribution in [0.4, 0.5) is 17.2 Å². The molecule has 0 aliphatic rings. The van der Waals surface area contributed by atoms with Crippen molar-refractivity contribution in [3.8, 4) is 11.3 Å². The number of hydrogen-bond acceptors (Lipinski definition) is 5. The molecule has 3 N–H and O–H groups in total. The molecule has 4 aromatic rings. The van der Waals surface area contributed by atoms with E-state index in [1.807, 2.05) is 63.4 Å². The minimum atomic E-state index is -0.177. The molecular weight excluding hydrogens is 342 g/mol. The molecule has 0 aromatic carbocycles. The molecule has 27 heavy (non-hydrogen) atoms. The average molecular weight is 363 g/mol. The summed E-state index contributed by atoms with van der Waals surface area (Å²) in [4.78, 5) is 24.9. The third-order valence-corrected chi connectivity index (χ3v) is 4.59. The lowest BCUT2D eigenvalue weighted by Crippen LogP contribution is -2.19. The van der Waals surface area contributed by atoms with E-state index in [-0.39, 0.29) is 5.56 Å². The molecule has 8 heteroatoms. The Morgan fingerprint density at radius 3 is 2.70 bits per heavy atom. The quantitative estimate of drug-likeness (QED) is 0.518. The number of hydrogen-bond donors (Lipinski definition) is 3. The molecule has 0 bridgehead atoms. The molecule has 0 aliphatic heterocycles. The van der Waals surface area contributed by atoms with E-state index in [2.05, 4.69) is 25.4 Å². The molecule has 0 aliphatic carbocycles. The van der Waals surface area contributed by atoms with Crippen LogP contribution >= 0.6 is 0 Å². The second-order valence-electron chi connectivity index (χ2n) is 6.69. The highest BCUT2D eigenvalue weighted by molar-refractivity contribution is 5.92. The van der Waals surface area contributed by atoms with Crippen LogP contribution < -0.4 is 15.8 Å². The predicted octanol–water partition coefficient (Wildman–Crippen LogP) is 2.77. The van der Waals surface area contributed by atoms with E-state index >= 15 is 0 Å². The number of nitrogens with one attached hydrogen (secondary N) is 3. The third-order valence-electron chi connectivity index (χ3n) is 4.59. The van der Waals surface area contributed by atoms with Crippen LogP contribution in [0, 0.1) is 6.92 Å². The van der Waals surface area contributed by atoms with Gasteiger partial charge >= 0.3 is 0 Å². The smallest absolute Gasteiger partial charge is 0.259 e. The standard InChI is InChI=1S/C19H21N7O/c1-11-9-15(24-26(11)4)13-10-16(18(25(2)3)23-19(13)27)22-14-6-8-21-17-12(14)5-7-20-17/h5-10H,1-4H3,(H,23,27)(H2,20,21,22). The largest absolute Gasteiger partial charge is 0.362 e. The van der Waals surface area contributed by atoms with E-state index in [1.165, 1.54) is 0 Å². The Bertz CT molecular complexity index is 1160. The first-order valence-corrected chi connectivity index (χ1v) is 8.59. The molecule has 0 spiro atoms. The summed E-state index contributed by atoms with van der Waals surface area (Å²) >= 11 is 0. The Morgan fingerprint density at radius 1 is 1.19 bits per heavy atom. The minimum absolute atomic E-state index is 0.177. The van der Waals surface area contributed by atoms with Crippen molar-refractivity contribution in [3.63, 3.8) is 0 Å². The zero-order chi connectivity index (χ0) is 19.1. The molecule has 0 amide bonds. The second-order valence-corrected chi connectivity index (χ2v) is 6.69. The molecule has 0 saturated carbocycles. The van der Waals surface area contributed by atoms with Crippen molar-refractivity contribution in [2.24, 2.45) is 7.05 Å². The van der Waals surface area contributed by atoms with Crippen molar-refractivity contribution in [1.29, 1.82) is 0 Å². The number of H-pyrrole nitrogens is 2. The van der Waals surface area contributed by atoms with Gasteiger partial charge in [-0.3, -0.25) is 9.48 Å². The first-order valence-electron chi connectivity index (χ1n) is 8.59. The van der Waals surface area contributed by atoms with Crippen LogP contribution in [0.15, 0.2) is 41.5 Å². The van der Waals surface area contributed by atoms with Crippen LogP contribution in [0.25, 0.3) is 22.3 Å². The maximum atomic E-state index is 12.7. The van der Waals surface area contributed by atoms with Crippen molar-refractivity contribution in [2.45, 2.75) is 6.92 Å². The summed E-state index contributed by atoms with van der Waals surface area (Å²) in [5, 5.41) is 8.86. The summed E-state index contributed by atoms with van der Waals surface area (Å²) in [6, 6.07) is 7.62. The molecule has 0 saturated heterocycles. The molecule has 4 aromatic heterocycles. The Kier molecular flexibility index (Phi) is 3.95. The molecule has 0 fully saturated rings. The average Bonchev–Trinajstić information content (AvgIpc) is 3.23. The first-order chi connectivity index (χ1) is 12.9. The monoisotopic (exact) mass is 363 g/mol. The topological polar surface area (TPSA) is 94.6 Å². The van der Waals surface area contributed by atoms with E-state index in [0.29, 0.717) is 17.1 Å². The summed E-state index contributed by atoms with van der Waals surface area (Å²) in [6.45, 7) is 1.96. The van der Waals surface area contributed by atoms with Crippen molar-refractivity contribution in [1.82, 2.24) is 24.7 Å². The highest BCUT2D eigenvalue weighted by Crippen LogP contribution is 2.31. The second kappa shape index (κ2) is 6.31. The Balaban J connectivity index is 1.86. The number of nitrogens with zero attached hydrogens (tertiary/aromatic N) is 4. The third kappa shape index (κ3) is 2.95. The Labute approximate surface area is 155 Å². The van der Waals surface area contributed by atoms with Crippen LogP contribution in [0.5, 0.6) is 0 Å². The van der Waals surface area contributed by atoms with Gasteiger partial charge in [-0.1, -0.05) is 0 Å². The Morgan fingerprint density at radius 2 is 2.00 bits per heavy atom. The molecule has 4 rings (SSSR count). The highest BCUT2D eigenvalue weighted by Gasteiger charge is 2.15. The van der Waals surface area contributed by atoms with Crippen molar-refractivity contribution >= 4 is 28.2 Å². The number of aromatic nitrogens is 5. The maximum absolute atomic E-state index is 12.7. The SMILES string of the molecule is Cc1cc(-c2cc(Nc3ccnc4[nH]ccc34)c(N(C)C)[nH]c2=O)nn1C. The maximum Gasteiger partial charge on any atom is 0.259 e. The number of rotatable bonds is 4. The molecule has 0 radical (unpaired) electrons. The summed E-state index contributed by atoms with van der Waals surface area (Å²) in [7, 11) is 5.64. The van der Waals surface area contributed by atoms with E-state index in [1.54, 1.807) is 10.9 Å². The fraction of sp³-hybridized carbons (Fsp3) is 0.211. The fourth-order valence-corrected chi connectivity index (χ4v) is 3.07. The van der Waals surface area contributed by atoms with Gasteiger partial charge in [-0.25, -0.2) is 4.98 Å². The van der Waals surface area contributed by atoms with Gasteiger partial charge in [0.15, 0.2) is 0 Å². The summed E-state index contributed by atoms with van der Waals surface area (Å²) < 4.78 is 1.76. The summed E-state index contributed by atoms with van der Waals surface area (Å²) in [6.07, 6.45) is 3.59. The van der Waals surface area contributed by atoms with Crippen LogP contribution in [0.2, 0.25) is 0 Å². The lowest BCUT2D eigenvalue weighted by molar-refractivity contribution is 0.742. The lowest BCUT2D eigenvalue weighted by Gasteiger charge is -2.19. The van der Waals surface area contributed by atoms with Crippen molar-refractivity contribution < 1.29 is 0 Å².